The maximum Gasteiger partial charge on any atom is 0.238 e. The van der Waals surface area contributed by atoms with Crippen LogP contribution in [0.15, 0.2) is 48.5 Å². The molecule has 29 heavy (non-hydrogen) atoms. The molecule has 2 rings (SSSR count). The first kappa shape index (κ1) is 22.7. The SMILES string of the molecule is CCCN(CC(=O)NCCOc1cccc(Cl)c1)CC(=O)Nc1ccccc1C. The molecule has 0 atom stereocenters. The van der Waals surface area contributed by atoms with Gasteiger partial charge in [0.15, 0.2) is 0 Å². The van der Waals surface area contributed by atoms with Gasteiger partial charge in [0.1, 0.15) is 12.4 Å². The molecule has 0 aromatic heterocycles. The highest BCUT2D eigenvalue weighted by Crippen LogP contribution is 2.16. The summed E-state index contributed by atoms with van der Waals surface area (Å²) < 4.78 is 5.55. The summed E-state index contributed by atoms with van der Waals surface area (Å²) in [6.07, 6.45) is 0.850. The lowest BCUT2D eigenvalue weighted by Crippen LogP contribution is -2.42. The van der Waals surface area contributed by atoms with E-state index in [-0.39, 0.29) is 24.9 Å². The van der Waals surface area contributed by atoms with Gasteiger partial charge >= 0.3 is 0 Å². The average molecular weight is 418 g/mol. The van der Waals surface area contributed by atoms with Crippen molar-refractivity contribution in [2.75, 3.05) is 38.1 Å². The van der Waals surface area contributed by atoms with Crippen molar-refractivity contribution >= 4 is 29.1 Å². The van der Waals surface area contributed by atoms with E-state index in [9.17, 15) is 9.59 Å². The van der Waals surface area contributed by atoms with Crippen molar-refractivity contribution in [1.82, 2.24) is 10.2 Å². The molecule has 0 aliphatic heterocycles. The van der Waals surface area contributed by atoms with Crippen LogP contribution < -0.4 is 15.4 Å². The Morgan fingerprint density at radius 2 is 1.83 bits per heavy atom. The van der Waals surface area contributed by atoms with Crippen molar-refractivity contribution in [1.29, 1.82) is 0 Å². The monoisotopic (exact) mass is 417 g/mol. The topological polar surface area (TPSA) is 70.7 Å². The number of rotatable bonds is 11. The van der Waals surface area contributed by atoms with Crippen LogP contribution in [0.4, 0.5) is 5.69 Å². The molecule has 0 spiro atoms. The summed E-state index contributed by atoms with van der Waals surface area (Å²) in [4.78, 5) is 26.4. The van der Waals surface area contributed by atoms with Gasteiger partial charge in [-0.25, -0.2) is 0 Å². The zero-order chi connectivity index (χ0) is 21.1. The van der Waals surface area contributed by atoms with Crippen LogP contribution in [0.5, 0.6) is 5.75 Å². The number of carbonyl (C=O) groups is 2. The van der Waals surface area contributed by atoms with E-state index >= 15 is 0 Å². The Morgan fingerprint density at radius 1 is 1.07 bits per heavy atom. The van der Waals surface area contributed by atoms with Gasteiger partial charge < -0.3 is 15.4 Å². The van der Waals surface area contributed by atoms with Crippen molar-refractivity contribution in [3.63, 3.8) is 0 Å². The van der Waals surface area contributed by atoms with Crippen molar-refractivity contribution in [3.05, 3.63) is 59.1 Å². The van der Waals surface area contributed by atoms with Crippen molar-refractivity contribution in [3.8, 4) is 5.75 Å². The third-order valence-electron chi connectivity index (χ3n) is 4.18. The van der Waals surface area contributed by atoms with Crippen LogP contribution in [0.1, 0.15) is 18.9 Å². The lowest BCUT2D eigenvalue weighted by atomic mass is 10.2. The van der Waals surface area contributed by atoms with E-state index in [1.54, 1.807) is 18.2 Å². The molecule has 0 heterocycles. The second-order valence-corrected chi connectivity index (χ2v) is 7.17. The lowest BCUT2D eigenvalue weighted by molar-refractivity contribution is -0.123. The number of halogens is 1. The number of benzene rings is 2. The standard InChI is InChI=1S/C22H28ClN3O3/c1-3-12-26(16-22(28)25-20-10-5-4-7-17(20)2)15-21(27)24-11-13-29-19-9-6-8-18(23)14-19/h4-10,14H,3,11-13,15-16H2,1-2H3,(H,24,27)(H,25,28). The Morgan fingerprint density at radius 3 is 2.55 bits per heavy atom. The second-order valence-electron chi connectivity index (χ2n) is 6.73. The summed E-state index contributed by atoms with van der Waals surface area (Å²) in [5.74, 6) is 0.383. The predicted octanol–water partition coefficient (Wildman–Crippen LogP) is 3.49. The Labute approximate surface area is 177 Å². The highest BCUT2D eigenvalue weighted by atomic mass is 35.5. The van der Waals surface area contributed by atoms with Crippen LogP contribution >= 0.6 is 11.6 Å². The molecule has 0 radical (unpaired) electrons. The Hall–Kier alpha value is -2.57. The first-order chi connectivity index (χ1) is 14.0. The van der Waals surface area contributed by atoms with Gasteiger partial charge in [0.05, 0.1) is 19.6 Å². The zero-order valence-corrected chi connectivity index (χ0v) is 17.7. The molecule has 0 bridgehead atoms. The zero-order valence-electron chi connectivity index (χ0n) is 16.9. The molecule has 0 saturated heterocycles. The second kappa shape index (κ2) is 12.1. The first-order valence-electron chi connectivity index (χ1n) is 9.71. The number of amides is 2. The fourth-order valence-corrected chi connectivity index (χ4v) is 2.99. The minimum Gasteiger partial charge on any atom is -0.492 e. The van der Waals surface area contributed by atoms with E-state index in [2.05, 4.69) is 10.6 Å². The quantitative estimate of drug-likeness (QED) is 0.549. The number of nitrogens with zero attached hydrogens (tertiary/aromatic N) is 1. The van der Waals surface area contributed by atoms with Crippen LogP contribution in [0.3, 0.4) is 0 Å². The van der Waals surface area contributed by atoms with Crippen molar-refractivity contribution in [2.45, 2.75) is 20.3 Å². The van der Waals surface area contributed by atoms with E-state index in [4.69, 9.17) is 16.3 Å². The molecular formula is C22H28ClN3O3. The van der Waals surface area contributed by atoms with Gasteiger partial charge in [-0.15, -0.1) is 0 Å². The normalized spacial score (nSPS) is 10.6. The third-order valence-corrected chi connectivity index (χ3v) is 4.42. The summed E-state index contributed by atoms with van der Waals surface area (Å²) >= 11 is 5.91. The van der Waals surface area contributed by atoms with Crippen LogP contribution in [-0.2, 0) is 9.59 Å². The molecule has 0 aliphatic rings. The largest absolute Gasteiger partial charge is 0.492 e. The molecule has 0 aliphatic carbocycles. The van der Waals surface area contributed by atoms with Gasteiger partial charge in [0.2, 0.25) is 11.8 Å². The highest BCUT2D eigenvalue weighted by Gasteiger charge is 2.14. The fraction of sp³-hybridized carbons (Fsp3) is 0.364. The molecule has 0 unspecified atom stereocenters. The molecule has 2 amide bonds. The van der Waals surface area contributed by atoms with E-state index < -0.39 is 0 Å². The van der Waals surface area contributed by atoms with Gasteiger partial charge in [-0.3, -0.25) is 14.5 Å². The van der Waals surface area contributed by atoms with Gasteiger partial charge in [0.25, 0.3) is 0 Å². The number of hydrogen-bond donors (Lipinski definition) is 2. The predicted molar refractivity (Wildman–Crippen MR) is 116 cm³/mol. The van der Waals surface area contributed by atoms with Crippen molar-refractivity contribution < 1.29 is 14.3 Å². The maximum absolute atomic E-state index is 12.4. The number of para-hydroxylation sites is 1. The molecule has 2 aromatic carbocycles. The molecular weight excluding hydrogens is 390 g/mol. The minimum atomic E-state index is -0.142. The van der Waals surface area contributed by atoms with Crippen LogP contribution in [0.2, 0.25) is 5.02 Å². The van der Waals surface area contributed by atoms with E-state index in [0.717, 1.165) is 17.7 Å². The summed E-state index contributed by atoms with van der Waals surface area (Å²) in [7, 11) is 0. The van der Waals surface area contributed by atoms with E-state index in [1.807, 2.05) is 49.1 Å². The van der Waals surface area contributed by atoms with Crippen molar-refractivity contribution in [2.24, 2.45) is 0 Å². The summed E-state index contributed by atoms with van der Waals surface area (Å²) in [6, 6.07) is 14.7. The van der Waals surface area contributed by atoms with Gasteiger partial charge in [-0.1, -0.05) is 42.8 Å². The number of carbonyl (C=O) groups excluding carboxylic acids is 2. The third kappa shape index (κ3) is 8.54. The smallest absolute Gasteiger partial charge is 0.238 e. The number of aryl methyl sites for hydroxylation is 1. The van der Waals surface area contributed by atoms with Crippen LogP contribution in [0, 0.1) is 6.92 Å². The van der Waals surface area contributed by atoms with E-state index in [0.29, 0.717) is 30.5 Å². The number of hydrogen-bond acceptors (Lipinski definition) is 4. The number of anilines is 1. The van der Waals surface area contributed by atoms with Gasteiger partial charge in [-0.05, 0) is 49.7 Å². The molecule has 156 valence electrons. The van der Waals surface area contributed by atoms with Gasteiger partial charge in [0, 0.05) is 10.7 Å². The molecule has 0 saturated carbocycles. The lowest BCUT2D eigenvalue weighted by Gasteiger charge is -2.21. The minimum absolute atomic E-state index is 0.134. The first-order valence-corrected chi connectivity index (χ1v) is 10.1. The van der Waals surface area contributed by atoms with Crippen LogP contribution in [-0.4, -0.2) is 49.5 Å². The average Bonchev–Trinajstić information content (AvgIpc) is 2.67. The molecule has 6 nitrogen and oxygen atoms in total. The molecule has 0 fully saturated rings. The number of nitrogens with one attached hydrogen (secondary N) is 2. The Bertz CT molecular complexity index is 813. The summed E-state index contributed by atoms with van der Waals surface area (Å²) in [5, 5.41) is 6.32. The number of ether oxygens (including phenoxy) is 1. The van der Waals surface area contributed by atoms with E-state index in [1.165, 1.54) is 0 Å². The Balaban J connectivity index is 1.74. The molecule has 2 aromatic rings. The van der Waals surface area contributed by atoms with Crippen LogP contribution in [0.25, 0.3) is 0 Å². The maximum atomic E-state index is 12.4. The summed E-state index contributed by atoms with van der Waals surface area (Å²) in [6.45, 7) is 5.66. The highest BCUT2D eigenvalue weighted by molar-refractivity contribution is 6.30. The molecule has 2 N–H and O–H groups in total. The Kier molecular flexibility index (Phi) is 9.47. The molecule has 7 heteroatoms. The summed E-state index contributed by atoms with van der Waals surface area (Å²) in [5.41, 5.74) is 1.79. The van der Waals surface area contributed by atoms with Gasteiger partial charge in [-0.2, -0.15) is 0 Å². The fourth-order valence-electron chi connectivity index (χ4n) is 2.81.